The van der Waals surface area contributed by atoms with Crippen LogP contribution in [0.4, 0.5) is 0 Å². The Balaban J connectivity index is 2.59. The van der Waals surface area contributed by atoms with E-state index in [1.54, 1.807) is 0 Å². The molecule has 1 aromatic rings. The van der Waals surface area contributed by atoms with Gasteiger partial charge in [0.15, 0.2) is 0 Å². The van der Waals surface area contributed by atoms with Crippen LogP contribution in [0, 0.1) is 0 Å². The number of hydrogen-bond donors (Lipinski definition) is 2. The van der Waals surface area contributed by atoms with Crippen molar-refractivity contribution < 1.29 is 9.32 Å². The molecule has 2 N–H and O–H groups in total. The highest BCUT2D eigenvalue weighted by Gasteiger charge is 2.07. The first-order valence-electron chi connectivity index (χ1n) is 3.70. The lowest BCUT2D eigenvalue weighted by Gasteiger charge is -1.97. The molecule has 5 heteroatoms. The normalized spacial score (nSPS) is 9.75. The fourth-order valence-corrected chi connectivity index (χ4v) is 0.728. The lowest BCUT2D eigenvalue weighted by Crippen LogP contribution is -2.24. The van der Waals surface area contributed by atoms with E-state index in [1.165, 1.54) is 0 Å². The summed E-state index contributed by atoms with van der Waals surface area (Å²) in [6, 6.07) is 1.12. The van der Waals surface area contributed by atoms with Gasteiger partial charge in [0.2, 0.25) is 0 Å². The van der Waals surface area contributed by atoms with Crippen molar-refractivity contribution in [1.82, 2.24) is 10.5 Å². The van der Waals surface area contributed by atoms with Crippen molar-refractivity contribution in [3.63, 3.8) is 0 Å². The van der Waals surface area contributed by atoms with E-state index in [4.69, 9.17) is 0 Å². The maximum Gasteiger partial charge on any atom is 0.358 e. The molecule has 5 nitrogen and oxygen atoms in total. The maximum atomic E-state index is 11.1. The van der Waals surface area contributed by atoms with Crippen molar-refractivity contribution in [1.29, 1.82) is 0 Å². The van der Waals surface area contributed by atoms with Crippen LogP contribution >= 0.6 is 0 Å². The molecule has 0 saturated carbocycles. The topological polar surface area (TPSA) is 75.1 Å². The molecule has 0 saturated heterocycles. The SMILES string of the molecule is CCCNC(=O)c1cc(=O)o[nH]1. The zero-order valence-corrected chi connectivity index (χ0v) is 6.72. The minimum atomic E-state index is -0.545. The molecule has 1 rings (SSSR count). The average molecular weight is 170 g/mol. The minimum absolute atomic E-state index is 0.161. The molecule has 0 fully saturated rings. The van der Waals surface area contributed by atoms with E-state index in [9.17, 15) is 9.59 Å². The third-order valence-electron chi connectivity index (χ3n) is 1.30. The molecule has 1 heterocycles. The second-order valence-corrected chi connectivity index (χ2v) is 2.34. The molecule has 0 unspecified atom stereocenters. The zero-order valence-electron chi connectivity index (χ0n) is 6.72. The Labute approximate surface area is 68.7 Å². The molecule has 0 aliphatic heterocycles. The standard InChI is InChI=1S/C7H10N2O3/c1-2-3-8-7(11)5-4-6(10)12-9-5/h4,9H,2-3H2,1H3,(H,8,11). The summed E-state index contributed by atoms with van der Waals surface area (Å²) in [7, 11) is 0. The van der Waals surface area contributed by atoms with E-state index < -0.39 is 5.63 Å². The van der Waals surface area contributed by atoms with E-state index >= 15 is 0 Å². The van der Waals surface area contributed by atoms with E-state index in [2.05, 4.69) is 15.0 Å². The van der Waals surface area contributed by atoms with Crippen LogP contribution in [-0.4, -0.2) is 17.6 Å². The highest BCUT2D eigenvalue weighted by atomic mass is 16.5. The van der Waals surface area contributed by atoms with Crippen LogP contribution in [-0.2, 0) is 0 Å². The highest BCUT2D eigenvalue weighted by molar-refractivity contribution is 5.91. The van der Waals surface area contributed by atoms with E-state index in [0.717, 1.165) is 12.5 Å². The quantitative estimate of drug-likeness (QED) is 0.675. The van der Waals surface area contributed by atoms with Crippen LogP contribution in [0.2, 0.25) is 0 Å². The van der Waals surface area contributed by atoms with Gasteiger partial charge in [-0.05, 0) is 6.42 Å². The Kier molecular flexibility index (Phi) is 2.68. The van der Waals surface area contributed by atoms with Crippen LogP contribution in [0.15, 0.2) is 15.4 Å². The van der Waals surface area contributed by atoms with E-state index in [-0.39, 0.29) is 11.6 Å². The number of hydrogen-bond acceptors (Lipinski definition) is 3. The number of rotatable bonds is 3. The van der Waals surface area contributed by atoms with Crippen LogP contribution in [0.3, 0.4) is 0 Å². The summed E-state index contributed by atoms with van der Waals surface area (Å²) >= 11 is 0. The monoisotopic (exact) mass is 170 g/mol. The lowest BCUT2D eigenvalue weighted by atomic mass is 10.4. The number of carbonyl (C=O) groups is 1. The van der Waals surface area contributed by atoms with Crippen LogP contribution in [0.1, 0.15) is 23.8 Å². The molecule has 66 valence electrons. The average Bonchev–Trinajstić information content (AvgIpc) is 2.47. The molecule has 0 atom stereocenters. The van der Waals surface area contributed by atoms with Crippen LogP contribution < -0.4 is 10.9 Å². The van der Waals surface area contributed by atoms with Gasteiger partial charge in [0.25, 0.3) is 5.91 Å². The minimum Gasteiger partial charge on any atom is -0.351 e. The molecule has 0 aromatic carbocycles. The van der Waals surface area contributed by atoms with Gasteiger partial charge in [0.1, 0.15) is 5.69 Å². The van der Waals surface area contributed by atoms with Crippen molar-refractivity contribution in [2.45, 2.75) is 13.3 Å². The third kappa shape index (κ3) is 1.98. The summed E-state index contributed by atoms with van der Waals surface area (Å²) in [5, 5.41) is 4.81. The predicted octanol–water partition coefficient (Wildman–Crippen LogP) is 0.108. The van der Waals surface area contributed by atoms with Gasteiger partial charge in [0.05, 0.1) is 6.07 Å². The predicted molar refractivity (Wildman–Crippen MR) is 42.0 cm³/mol. The zero-order chi connectivity index (χ0) is 8.97. The fourth-order valence-electron chi connectivity index (χ4n) is 0.728. The number of carbonyl (C=O) groups excluding carboxylic acids is 1. The van der Waals surface area contributed by atoms with Gasteiger partial charge in [-0.25, -0.2) is 9.95 Å². The van der Waals surface area contributed by atoms with Crippen molar-refractivity contribution >= 4 is 5.91 Å². The maximum absolute atomic E-state index is 11.1. The molecular weight excluding hydrogens is 160 g/mol. The summed E-state index contributed by atoms with van der Waals surface area (Å²) in [4.78, 5) is 21.6. The summed E-state index contributed by atoms with van der Waals surface area (Å²) in [6.45, 7) is 2.53. The summed E-state index contributed by atoms with van der Waals surface area (Å²) in [6.07, 6.45) is 0.855. The third-order valence-corrected chi connectivity index (χ3v) is 1.30. The smallest absolute Gasteiger partial charge is 0.351 e. The highest BCUT2D eigenvalue weighted by Crippen LogP contribution is 1.88. The number of amides is 1. The molecule has 1 aromatic heterocycles. The number of aromatic amines is 1. The van der Waals surface area contributed by atoms with Gasteiger partial charge in [-0.2, -0.15) is 0 Å². The molecule has 1 amide bonds. The van der Waals surface area contributed by atoms with Crippen molar-refractivity contribution in [2.24, 2.45) is 0 Å². The Morgan fingerprint density at radius 3 is 3.00 bits per heavy atom. The fraction of sp³-hybridized carbons (Fsp3) is 0.429. The van der Waals surface area contributed by atoms with Crippen molar-refractivity contribution in [3.05, 3.63) is 22.2 Å². The molecule has 0 aliphatic carbocycles. The van der Waals surface area contributed by atoms with Gasteiger partial charge in [-0.1, -0.05) is 6.92 Å². The second kappa shape index (κ2) is 3.75. The van der Waals surface area contributed by atoms with E-state index in [0.29, 0.717) is 6.54 Å². The van der Waals surface area contributed by atoms with Gasteiger partial charge >= 0.3 is 5.63 Å². The van der Waals surface area contributed by atoms with Crippen LogP contribution in [0.25, 0.3) is 0 Å². The molecule has 0 spiro atoms. The number of aromatic nitrogens is 1. The van der Waals surface area contributed by atoms with Crippen molar-refractivity contribution in [2.75, 3.05) is 6.54 Å². The first-order chi connectivity index (χ1) is 5.74. The lowest BCUT2D eigenvalue weighted by molar-refractivity contribution is 0.0944. The largest absolute Gasteiger partial charge is 0.358 e. The molecule has 0 bridgehead atoms. The summed E-state index contributed by atoms with van der Waals surface area (Å²) in [5.74, 6) is -0.317. The Hall–Kier alpha value is -1.52. The van der Waals surface area contributed by atoms with Gasteiger partial charge in [0, 0.05) is 6.54 Å². The molecular formula is C7H10N2O3. The van der Waals surface area contributed by atoms with Crippen LogP contribution in [0.5, 0.6) is 0 Å². The summed E-state index contributed by atoms with van der Waals surface area (Å²) in [5.41, 5.74) is -0.384. The first-order valence-corrected chi connectivity index (χ1v) is 3.70. The van der Waals surface area contributed by atoms with E-state index in [1.807, 2.05) is 6.92 Å². The second-order valence-electron chi connectivity index (χ2n) is 2.34. The van der Waals surface area contributed by atoms with Gasteiger partial charge in [-0.15, -0.1) is 0 Å². The number of H-pyrrole nitrogens is 1. The Morgan fingerprint density at radius 1 is 1.75 bits per heavy atom. The molecule has 0 radical (unpaired) electrons. The van der Waals surface area contributed by atoms with Gasteiger partial charge < -0.3 is 9.84 Å². The van der Waals surface area contributed by atoms with Gasteiger partial charge in [-0.3, -0.25) is 4.79 Å². The summed E-state index contributed by atoms with van der Waals surface area (Å²) < 4.78 is 4.32. The number of nitrogens with one attached hydrogen (secondary N) is 2. The Bertz CT molecular complexity index is 312. The molecule has 0 aliphatic rings. The molecule has 12 heavy (non-hydrogen) atoms. The van der Waals surface area contributed by atoms with Crippen molar-refractivity contribution in [3.8, 4) is 0 Å². The first kappa shape index (κ1) is 8.58. The Morgan fingerprint density at radius 2 is 2.50 bits per heavy atom.